The molecule has 0 fully saturated rings. The smallest absolute Gasteiger partial charge is 0.149 e. The minimum absolute atomic E-state index is 0.401. The van der Waals surface area contributed by atoms with E-state index in [1.807, 2.05) is 12.1 Å². The molecule has 3 nitrogen and oxygen atoms in total. The molecule has 0 amide bonds. The number of aliphatic imine (C=N–C) groups is 1. The van der Waals surface area contributed by atoms with Crippen molar-refractivity contribution in [3.63, 3.8) is 0 Å². The first-order chi connectivity index (χ1) is 9.70. The Labute approximate surface area is 124 Å². The van der Waals surface area contributed by atoms with Gasteiger partial charge in [0.05, 0.1) is 16.3 Å². The van der Waals surface area contributed by atoms with Crippen LogP contribution in [0.3, 0.4) is 0 Å². The highest BCUT2D eigenvalue weighted by Crippen LogP contribution is 2.34. The quantitative estimate of drug-likeness (QED) is 0.693. The van der Waals surface area contributed by atoms with Crippen LogP contribution in [-0.4, -0.2) is 21.8 Å². The Balaban J connectivity index is 1.95. The fraction of sp³-hybridized carbons (Fsp3) is 0.200. The zero-order valence-electron chi connectivity index (χ0n) is 11.0. The average Bonchev–Trinajstić information content (AvgIpc) is 3.03. The van der Waals surface area contributed by atoms with Crippen LogP contribution in [0.25, 0.3) is 21.0 Å². The fourth-order valence-corrected chi connectivity index (χ4v) is 4.61. The number of nitrogen functional groups attached to an aromatic ring is 1. The van der Waals surface area contributed by atoms with E-state index in [9.17, 15) is 0 Å². The van der Waals surface area contributed by atoms with Crippen LogP contribution in [0.1, 0.15) is 11.9 Å². The van der Waals surface area contributed by atoms with Gasteiger partial charge in [0.1, 0.15) is 10.1 Å². The van der Waals surface area contributed by atoms with E-state index < -0.39 is 0 Å². The number of thioether (sulfide) groups is 1. The van der Waals surface area contributed by atoms with Crippen molar-refractivity contribution < 1.29 is 0 Å². The van der Waals surface area contributed by atoms with Crippen molar-refractivity contribution in [1.29, 1.82) is 0 Å². The number of fused-ring (bicyclic) bond motifs is 3. The summed E-state index contributed by atoms with van der Waals surface area (Å²) in [5, 5.41) is 4.51. The zero-order valence-corrected chi connectivity index (χ0v) is 12.6. The van der Waals surface area contributed by atoms with E-state index >= 15 is 0 Å². The molecule has 100 valence electrons. The Kier molecular flexibility index (Phi) is 2.72. The standard InChI is InChI=1S/C15H13N3S2/c1-8-7-19-14(17-8)15-18-12-5-2-9-6-10(16)3-4-11(9)13(12)20-15/h2-6,8H,7,16H2,1H3. The first-order valence-electron chi connectivity index (χ1n) is 6.50. The number of nitrogens with two attached hydrogens (primary N) is 1. The van der Waals surface area contributed by atoms with Crippen LogP contribution in [0.2, 0.25) is 0 Å². The molecule has 3 aromatic rings. The van der Waals surface area contributed by atoms with Crippen molar-refractivity contribution in [2.45, 2.75) is 13.0 Å². The summed E-state index contributed by atoms with van der Waals surface area (Å²) in [7, 11) is 0. The predicted molar refractivity (Wildman–Crippen MR) is 90.0 cm³/mol. The van der Waals surface area contributed by atoms with Gasteiger partial charge in [0.25, 0.3) is 0 Å². The molecule has 2 N–H and O–H groups in total. The van der Waals surface area contributed by atoms with Gasteiger partial charge in [-0.3, -0.25) is 4.99 Å². The van der Waals surface area contributed by atoms with Gasteiger partial charge in [-0.1, -0.05) is 12.1 Å². The third-order valence-electron chi connectivity index (χ3n) is 3.38. The minimum atomic E-state index is 0.401. The van der Waals surface area contributed by atoms with Gasteiger partial charge in [-0.15, -0.1) is 23.1 Å². The van der Waals surface area contributed by atoms with Crippen LogP contribution >= 0.6 is 23.1 Å². The summed E-state index contributed by atoms with van der Waals surface area (Å²) in [4.78, 5) is 9.39. The number of hydrogen-bond acceptors (Lipinski definition) is 5. The molecule has 0 saturated heterocycles. The van der Waals surface area contributed by atoms with E-state index in [0.717, 1.165) is 27.0 Å². The fourth-order valence-electron chi connectivity index (χ4n) is 2.42. The summed E-state index contributed by atoms with van der Waals surface area (Å²) < 4.78 is 1.22. The van der Waals surface area contributed by atoms with E-state index in [4.69, 9.17) is 10.7 Å². The lowest BCUT2D eigenvalue weighted by molar-refractivity contribution is 0.865. The third-order valence-corrected chi connectivity index (χ3v) is 5.84. The molecule has 20 heavy (non-hydrogen) atoms. The molecule has 0 radical (unpaired) electrons. The predicted octanol–water partition coefficient (Wildman–Crippen LogP) is 3.91. The van der Waals surface area contributed by atoms with Crippen LogP contribution < -0.4 is 5.73 Å². The molecule has 0 aliphatic carbocycles. The van der Waals surface area contributed by atoms with Crippen molar-refractivity contribution in [3.05, 3.63) is 35.3 Å². The number of thiazole rings is 1. The van der Waals surface area contributed by atoms with E-state index in [2.05, 4.69) is 30.1 Å². The van der Waals surface area contributed by atoms with Crippen LogP contribution in [0, 0.1) is 0 Å². The Morgan fingerprint density at radius 3 is 2.95 bits per heavy atom. The maximum Gasteiger partial charge on any atom is 0.149 e. The molecule has 0 bridgehead atoms. The van der Waals surface area contributed by atoms with Gasteiger partial charge in [0.2, 0.25) is 0 Å². The van der Waals surface area contributed by atoms with E-state index in [0.29, 0.717) is 6.04 Å². The molecule has 0 saturated carbocycles. The Bertz CT molecular complexity index is 851. The molecule has 5 heteroatoms. The van der Waals surface area contributed by atoms with Crippen molar-refractivity contribution in [3.8, 4) is 0 Å². The van der Waals surface area contributed by atoms with Crippen LogP contribution in [0.5, 0.6) is 0 Å². The van der Waals surface area contributed by atoms with Gasteiger partial charge in [-0.2, -0.15) is 0 Å². The number of nitrogens with zero attached hydrogens (tertiary/aromatic N) is 2. The van der Waals surface area contributed by atoms with Crippen LogP contribution in [-0.2, 0) is 0 Å². The van der Waals surface area contributed by atoms with Gasteiger partial charge in [-0.05, 0) is 30.5 Å². The van der Waals surface area contributed by atoms with Crippen molar-refractivity contribution in [2.75, 3.05) is 11.5 Å². The summed E-state index contributed by atoms with van der Waals surface area (Å²) in [5.41, 5.74) is 7.70. The summed E-state index contributed by atoms with van der Waals surface area (Å²) in [6.45, 7) is 2.14. The van der Waals surface area contributed by atoms with Gasteiger partial charge in [0.15, 0.2) is 0 Å². The first kappa shape index (κ1) is 12.2. The lowest BCUT2D eigenvalue weighted by atomic mass is 10.1. The van der Waals surface area contributed by atoms with E-state index in [-0.39, 0.29) is 0 Å². The highest BCUT2D eigenvalue weighted by atomic mass is 32.2. The van der Waals surface area contributed by atoms with E-state index in [1.165, 1.54) is 15.5 Å². The molecule has 1 aliphatic heterocycles. The second-order valence-corrected chi connectivity index (χ2v) is 7.02. The third kappa shape index (κ3) is 1.89. The summed E-state index contributed by atoms with van der Waals surface area (Å²) in [6, 6.07) is 10.6. The molecule has 1 aromatic heterocycles. The number of aromatic nitrogens is 1. The van der Waals surface area contributed by atoms with Gasteiger partial charge in [0, 0.05) is 16.8 Å². The summed E-state index contributed by atoms with van der Waals surface area (Å²) in [6.07, 6.45) is 0. The topological polar surface area (TPSA) is 51.3 Å². The molecule has 1 atom stereocenters. The van der Waals surface area contributed by atoms with Crippen molar-refractivity contribution >= 4 is 54.8 Å². The number of benzene rings is 2. The minimum Gasteiger partial charge on any atom is -0.399 e. The number of hydrogen-bond donors (Lipinski definition) is 1. The molecule has 1 aliphatic rings. The maximum absolute atomic E-state index is 5.85. The Hall–Kier alpha value is -1.59. The molecule has 1 unspecified atom stereocenters. The highest BCUT2D eigenvalue weighted by molar-refractivity contribution is 8.15. The van der Waals surface area contributed by atoms with Crippen molar-refractivity contribution in [1.82, 2.24) is 4.98 Å². The number of anilines is 1. The van der Waals surface area contributed by atoms with Crippen LogP contribution in [0.4, 0.5) is 5.69 Å². The lowest BCUT2D eigenvalue weighted by Crippen LogP contribution is -1.93. The first-order valence-corrected chi connectivity index (χ1v) is 8.31. The largest absolute Gasteiger partial charge is 0.399 e. The van der Waals surface area contributed by atoms with Gasteiger partial charge >= 0.3 is 0 Å². The van der Waals surface area contributed by atoms with Gasteiger partial charge in [-0.25, -0.2) is 4.98 Å². The summed E-state index contributed by atoms with van der Waals surface area (Å²) in [5.74, 6) is 1.06. The number of rotatable bonds is 1. The molecule has 2 aromatic carbocycles. The monoisotopic (exact) mass is 299 g/mol. The normalized spacial score (nSPS) is 18.9. The molecule has 0 spiro atoms. The van der Waals surface area contributed by atoms with Gasteiger partial charge < -0.3 is 5.73 Å². The average molecular weight is 299 g/mol. The molecular weight excluding hydrogens is 286 g/mol. The van der Waals surface area contributed by atoms with Crippen molar-refractivity contribution in [2.24, 2.45) is 4.99 Å². The lowest BCUT2D eigenvalue weighted by Gasteiger charge is -1.99. The Morgan fingerprint density at radius 2 is 2.15 bits per heavy atom. The SMILES string of the molecule is CC1CSC(c2nc3ccc4cc(N)ccc4c3s2)=N1. The zero-order chi connectivity index (χ0) is 13.7. The molecule has 4 rings (SSSR count). The maximum atomic E-state index is 5.85. The molecular formula is C15H13N3S2. The molecule has 2 heterocycles. The van der Waals surface area contributed by atoms with E-state index in [1.54, 1.807) is 23.1 Å². The van der Waals surface area contributed by atoms with Crippen LogP contribution in [0.15, 0.2) is 35.3 Å². The second kappa shape index (κ2) is 4.46. The second-order valence-electron chi connectivity index (χ2n) is 5.01. The summed E-state index contributed by atoms with van der Waals surface area (Å²) >= 11 is 3.53. The highest BCUT2D eigenvalue weighted by Gasteiger charge is 2.19. The Morgan fingerprint density at radius 1 is 1.25 bits per heavy atom.